The van der Waals surface area contributed by atoms with Crippen molar-refractivity contribution in [2.75, 3.05) is 10.6 Å². The molecule has 144 valence electrons. The van der Waals surface area contributed by atoms with E-state index in [1.54, 1.807) is 24.3 Å². The summed E-state index contributed by atoms with van der Waals surface area (Å²) in [6.07, 6.45) is 4.29. The Morgan fingerprint density at radius 2 is 1.61 bits per heavy atom. The number of anilines is 2. The van der Waals surface area contributed by atoms with Crippen LogP contribution in [0.3, 0.4) is 0 Å². The molecule has 6 heteroatoms. The number of benzene rings is 2. The molecule has 0 saturated heterocycles. The van der Waals surface area contributed by atoms with Crippen molar-refractivity contribution in [2.24, 2.45) is 0 Å². The number of nitrogens with zero attached hydrogens (tertiary/aromatic N) is 1. The highest BCUT2D eigenvalue weighted by Crippen LogP contribution is 2.25. The lowest BCUT2D eigenvalue weighted by atomic mass is 9.95. The molecule has 0 spiro atoms. The fraction of sp³-hybridized carbons (Fsp3) is 0.182. The summed E-state index contributed by atoms with van der Waals surface area (Å²) in [6, 6.07) is 18.6. The first-order valence-corrected chi connectivity index (χ1v) is 9.41. The average molecular weight is 396 g/mol. The van der Waals surface area contributed by atoms with E-state index in [0.717, 1.165) is 5.56 Å². The van der Waals surface area contributed by atoms with Crippen molar-refractivity contribution < 1.29 is 9.59 Å². The van der Waals surface area contributed by atoms with Crippen molar-refractivity contribution in [1.29, 1.82) is 0 Å². The van der Waals surface area contributed by atoms with E-state index in [9.17, 15) is 9.59 Å². The van der Waals surface area contributed by atoms with Gasteiger partial charge in [0, 0.05) is 54.6 Å². The van der Waals surface area contributed by atoms with Gasteiger partial charge in [-0.05, 0) is 48.0 Å². The van der Waals surface area contributed by atoms with Crippen molar-refractivity contribution in [3.63, 3.8) is 0 Å². The topological polar surface area (TPSA) is 63.1 Å². The third-order valence-electron chi connectivity index (χ3n) is 4.34. The Balaban J connectivity index is 1.72. The van der Waals surface area contributed by atoms with Gasteiger partial charge in [0.25, 0.3) is 0 Å². The largest absolute Gasteiger partial charge is 0.354 e. The summed E-state index contributed by atoms with van der Waals surface area (Å²) < 4.78 is 2.06. The van der Waals surface area contributed by atoms with Gasteiger partial charge in [-0.15, -0.1) is 0 Å². The van der Waals surface area contributed by atoms with E-state index in [1.807, 2.05) is 48.8 Å². The third kappa shape index (κ3) is 5.72. The maximum atomic E-state index is 12.7. The normalized spacial score (nSPS) is 11.6. The van der Waals surface area contributed by atoms with Gasteiger partial charge in [-0.3, -0.25) is 9.59 Å². The molecule has 2 aromatic carbocycles. The Labute approximate surface area is 169 Å². The van der Waals surface area contributed by atoms with Gasteiger partial charge in [0.1, 0.15) is 0 Å². The van der Waals surface area contributed by atoms with E-state index in [4.69, 9.17) is 11.6 Å². The van der Waals surface area contributed by atoms with Crippen molar-refractivity contribution in [2.45, 2.75) is 25.8 Å². The molecule has 1 heterocycles. The van der Waals surface area contributed by atoms with E-state index in [1.165, 1.54) is 6.92 Å². The van der Waals surface area contributed by atoms with Crippen molar-refractivity contribution in [3.8, 4) is 0 Å². The van der Waals surface area contributed by atoms with Crippen LogP contribution in [0, 0.1) is 0 Å². The first-order chi connectivity index (χ1) is 13.5. The van der Waals surface area contributed by atoms with Crippen LogP contribution in [0.25, 0.3) is 0 Å². The maximum absolute atomic E-state index is 12.7. The molecule has 0 bridgehead atoms. The van der Waals surface area contributed by atoms with Crippen LogP contribution in [0.15, 0.2) is 73.1 Å². The summed E-state index contributed by atoms with van der Waals surface area (Å²) in [5, 5.41) is 6.30. The average Bonchev–Trinajstić information content (AvgIpc) is 3.14. The summed E-state index contributed by atoms with van der Waals surface area (Å²) in [6.45, 7) is 2.14. The van der Waals surface area contributed by atoms with E-state index in [2.05, 4.69) is 15.2 Å². The van der Waals surface area contributed by atoms with Gasteiger partial charge >= 0.3 is 0 Å². The predicted molar refractivity (Wildman–Crippen MR) is 113 cm³/mol. The molecular formula is C22H22ClN3O2. The summed E-state index contributed by atoms with van der Waals surface area (Å²) in [5.74, 6) is -0.242. The van der Waals surface area contributed by atoms with Crippen LogP contribution < -0.4 is 10.6 Å². The van der Waals surface area contributed by atoms with E-state index in [0.29, 0.717) is 29.4 Å². The zero-order chi connectivity index (χ0) is 19.9. The Hall–Kier alpha value is -3.05. The number of carbonyl (C=O) groups excluding carboxylic acids is 2. The SMILES string of the molecule is CC(=O)Nc1cccc(NC(=O)C[C@H](Cn2cccc2)c2ccc(Cl)cc2)c1. The molecule has 1 aromatic heterocycles. The monoisotopic (exact) mass is 395 g/mol. The zero-order valence-electron chi connectivity index (χ0n) is 15.6. The van der Waals surface area contributed by atoms with E-state index >= 15 is 0 Å². The standard InChI is InChI=1S/C22H22ClN3O2/c1-16(27)24-20-5-4-6-21(14-20)25-22(28)13-18(15-26-11-2-3-12-26)17-7-9-19(23)10-8-17/h2-12,14,18H,13,15H2,1H3,(H,24,27)(H,25,28)/t18-/m1/s1. The van der Waals surface area contributed by atoms with Crippen molar-refractivity contribution >= 4 is 34.8 Å². The van der Waals surface area contributed by atoms with Crippen molar-refractivity contribution in [3.05, 3.63) is 83.6 Å². The quantitative estimate of drug-likeness (QED) is 0.596. The van der Waals surface area contributed by atoms with Crippen LogP contribution in [0.2, 0.25) is 5.02 Å². The number of nitrogens with one attached hydrogen (secondary N) is 2. The molecule has 5 nitrogen and oxygen atoms in total. The fourth-order valence-corrected chi connectivity index (χ4v) is 3.21. The van der Waals surface area contributed by atoms with Crippen LogP contribution in [-0.4, -0.2) is 16.4 Å². The number of rotatable bonds is 7. The van der Waals surface area contributed by atoms with E-state index < -0.39 is 0 Å². The first kappa shape index (κ1) is 19.7. The Morgan fingerprint density at radius 3 is 2.25 bits per heavy atom. The van der Waals surface area contributed by atoms with Crippen LogP contribution in [0.4, 0.5) is 11.4 Å². The lowest BCUT2D eigenvalue weighted by molar-refractivity contribution is -0.116. The van der Waals surface area contributed by atoms with Gasteiger partial charge in [-0.1, -0.05) is 29.8 Å². The lowest BCUT2D eigenvalue weighted by Crippen LogP contribution is -2.19. The van der Waals surface area contributed by atoms with Gasteiger partial charge in [-0.2, -0.15) is 0 Å². The third-order valence-corrected chi connectivity index (χ3v) is 4.59. The van der Waals surface area contributed by atoms with E-state index in [-0.39, 0.29) is 17.7 Å². The molecule has 1 atom stereocenters. The van der Waals surface area contributed by atoms with Gasteiger partial charge in [0.05, 0.1) is 0 Å². The smallest absolute Gasteiger partial charge is 0.225 e. The molecule has 3 rings (SSSR count). The Morgan fingerprint density at radius 1 is 0.964 bits per heavy atom. The minimum absolute atomic E-state index is 0.00296. The second-order valence-electron chi connectivity index (χ2n) is 6.64. The van der Waals surface area contributed by atoms with Gasteiger partial charge in [-0.25, -0.2) is 0 Å². The predicted octanol–water partition coefficient (Wildman–Crippen LogP) is 4.91. The van der Waals surface area contributed by atoms with Gasteiger partial charge < -0.3 is 15.2 Å². The highest BCUT2D eigenvalue weighted by Gasteiger charge is 2.17. The number of hydrogen-bond acceptors (Lipinski definition) is 2. The highest BCUT2D eigenvalue weighted by molar-refractivity contribution is 6.30. The number of amides is 2. The van der Waals surface area contributed by atoms with Crippen LogP contribution >= 0.6 is 11.6 Å². The minimum atomic E-state index is -0.155. The second-order valence-corrected chi connectivity index (χ2v) is 7.08. The summed E-state index contributed by atoms with van der Waals surface area (Å²) in [7, 11) is 0. The Kier molecular flexibility index (Phi) is 6.50. The minimum Gasteiger partial charge on any atom is -0.354 e. The summed E-state index contributed by atoms with van der Waals surface area (Å²) in [5.41, 5.74) is 2.35. The molecule has 0 saturated carbocycles. The molecule has 3 aromatic rings. The molecular weight excluding hydrogens is 374 g/mol. The van der Waals surface area contributed by atoms with Crippen LogP contribution in [-0.2, 0) is 16.1 Å². The number of hydrogen-bond donors (Lipinski definition) is 2. The molecule has 0 aliphatic carbocycles. The number of halogens is 1. The molecule has 0 aliphatic rings. The van der Waals surface area contributed by atoms with Crippen LogP contribution in [0.5, 0.6) is 0 Å². The van der Waals surface area contributed by atoms with Crippen molar-refractivity contribution in [1.82, 2.24) is 4.57 Å². The maximum Gasteiger partial charge on any atom is 0.225 e. The molecule has 2 N–H and O–H groups in total. The molecule has 2 amide bonds. The molecule has 0 aliphatic heterocycles. The molecule has 28 heavy (non-hydrogen) atoms. The molecule has 0 fully saturated rings. The fourth-order valence-electron chi connectivity index (χ4n) is 3.08. The summed E-state index contributed by atoms with van der Waals surface area (Å²) in [4.78, 5) is 23.9. The van der Waals surface area contributed by atoms with Gasteiger partial charge in [0.15, 0.2) is 0 Å². The second kappa shape index (κ2) is 9.24. The molecule has 0 unspecified atom stereocenters. The summed E-state index contributed by atoms with van der Waals surface area (Å²) >= 11 is 6.01. The molecule has 0 radical (unpaired) electrons. The number of carbonyl (C=O) groups is 2. The first-order valence-electron chi connectivity index (χ1n) is 9.03. The van der Waals surface area contributed by atoms with Gasteiger partial charge in [0.2, 0.25) is 11.8 Å². The zero-order valence-corrected chi connectivity index (χ0v) is 16.3. The lowest BCUT2D eigenvalue weighted by Gasteiger charge is -2.18. The van der Waals surface area contributed by atoms with Crippen LogP contribution in [0.1, 0.15) is 24.8 Å². The Bertz CT molecular complexity index is 937. The number of aromatic nitrogens is 1. The highest BCUT2D eigenvalue weighted by atomic mass is 35.5.